The lowest BCUT2D eigenvalue weighted by Gasteiger charge is -2.16. The monoisotopic (exact) mass is 255 g/mol. The maximum Gasteiger partial charge on any atom is 0.407 e. The molecule has 0 heterocycles. The fourth-order valence-electron chi connectivity index (χ4n) is 2.06. The van der Waals surface area contributed by atoms with Crippen molar-refractivity contribution in [2.75, 3.05) is 6.61 Å². The zero-order valence-corrected chi connectivity index (χ0v) is 10.2. The first-order valence-electron chi connectivity index (χ1n) is 5.51. The SMILES string of the molecule is CCOC(=O)NC1Cc2cc(Cl)ccc2C1O. The highest BCUT2D eigenvalue weighted by atomic mass is 35.5. The minimum atomic E-state index is -0.702. The Labute approximate surface area is 105 Å². The van der Waals surface area contributed by atoms with E-state index in [2.05, 4.69) is 5.32 Å². The molecule has 0 saturated carbocycles. The summed E-state index contributed by atoms with van der Waals surface area (Å²) < 4.78 is 4.79. The number of nitrogens with one attached hydrogen (secondary N) is 1. The molecule has 0 aromatic heterocycles. The van der Waals surface area contributed by atoms with Crippen LogP contribution in [0, 0.1) is 0 Å². The maximum atomic E-state index is 11.3. The molecule has 0 spiro atoms. The maximum absolute atomic E-state index is 11.3. The van der Waals surface area contributed by atoms with Crippen molar-refractivity contribution in [3.05, 3.63) is 34.3 Å². The van der Waals surface area contributed by atoms with Gasteiger partial charge < -0.3 is 15.2 Å². The van der Waals surface area contributed by atoms with Gasteiger partial charge in [0, 0.05) is 5.02 Å². The number of benzene rings is 1. The lowest BCUT2D eigenvalue weighted by atomic mass is 10.1. The Morgan fingerprint density at radius 1 is 1.65 bits per heavy atom. The van der Waals surface area contributed by atoms with Gasteiger partial charge in [-0.1, -0.05) is 17.7 Å². The van der Waals surface area contributed by atoms with Gasteiger partial charge in [0.15, 0.2) is 0 Å². The molecule has 17 heavy (non-hydrogen) atoms. The number of hydrogen-bond donors (Lipinski definition) is 2. The van der Waals surface area contributed by atoms with Crippen molar-refractivity contribution in [1.29, 1.82) is 0 Å². The number of rotatable bonds is 2. The largest absolute Gasteiger partial charge is 0.450 e. The Bertz CT molecular complexity index is 436. The van der Waals surface area contributed by atoms with Crippen molar-refractivity contribution in [1.82, 2.24) is 5.32 Å². The molecule has 1 aliphatic rings. The second-order valence-electron chi connectivity index (χ2n) is 3.96. The summed E-state index contributed by atoms with van der Waals surface area (Å²) in [6.45, 7) is 2.05. The molecule has 0 saturated heterocycles. The zero-order valence-electron chi connectivity index (χ0n) is 9.44. The number of aliphatic hydroxyl groups excluding tert-OH is 1. The summed E-state index contributed by atoms with van der Waals surface area (Å²) in [5.74, 6) is 0. The summed E-state index contributed by atoms with van der Waals surface area (Å²) in [5.41, 5.74) is 1.78. The average Bonchev–Trinajstić information content (AvgIpc) is 2.55. The van der Waals surface area contributed by atoms with Crippen LogP contribution >= 0.6 is 11.6 Å². The van der Waals surface area contributed by atoms with Crippen molar-refractivity contribution >= 4 is 17.7 Å². The van der Waals surface area contributed by atoms with Gasteiger partial charge in [-0.25, -0.2) is 4.79 Å². The minimum Gasteiger partial charge on any atom is -0.450 e. The molecule has 92 valence electrons. The number of carbonyl (C=O) groups excluding carboxylic acids is 1. The number of carbonyl (C=O) groups is 1. The van der Waals surface area contributed by atoms with Crippen LogP contribution in [0.1, 0.15) is 24.2 Å². The van der Waals surface area contributed by atoms with E-state index < -0.39 is 12.2 Å². The number of alkyl carbamates (subject to hydrolysis) is 1. The summed E-state index contributed by atoms with van der Waals surface area (Å²) >= 11 is 5.88. The summed E-state index contributed by atoms with van der Waals surface area (Å²) in [7, 11) is 0. The van der Waals surface area contributed by atoms with Gasteiger partial charge in [-0.15, -0.1) is 0 Å². The Hall–Kier alpha value is -1.26. The normalized spacial score (nSPS) is 22.1. The topological polar surface area (TPSA) is 58.6 Å². The number of halogens is 1. The van der Waals surface area contributed by atoms with Crippen molar-refractivity contribution < 1.29 is 14.6 Å². The molecule has 2 unspecified atom stereocenters. The van der Waals surface area contributed by atoms with Crippen LogP contribution in [-0.4, -0.2) is 23.8 Å². The molecule has 0 fully saturated rings. The van der Waals surface area contributed by atoms with Crippen LogP contribution in [0.5, 0.6) is 0 Å². The van der Waals surface area contributed by atoms with Crippen LogP contribution in [0.4, 0.5) is 4.79 Å². The average molecular weight is 256 g/mol. The quantitative estimate of drug-likeness (QED) is 0.850. The van der Waals surface area contributed by atoms with Gasteiger partial charge in [0.1, 0.15) is 0 Å². The molecular weight excluding hydrogens is 242 g/mol. The van der Waals surface area contributed by atoms with Crippen LogP contribution in [0.25, 0.3) is 0 Å². The van der Waals surface area contributed by atoms with E-state index >= 15 is 0 Å². The Morgan fingerprint density at radius 3 is 3.12 bits per heavy atom. The van der Waals surface area contributed by atoms with Crippen LogP contribution in [0.2, 0.25) is 5.02 Å². The van der Waals surface area contributed by atoms with Crippen molar-refractivity contribution in [3.8, 4) is 0 Å². The van der Waals surface area contributed by atoms with Crippen LogP contribution in [-0.2, 0) is 11.2 Å². The van der Waals surface area contributed by atoms with Crippen LogP contribution in [0.3, 0.4) is 0 Å². The van der Waals surface area contributed by atoms with Gasteiger partial charge in [0.05, 0.1) is 18.8 Å². The highest BCUT2D eigenvalue weighted by Crippen LogP contribution is 2.33. The summed E-state index contributed by atoms with van der Waals surface area (Å²) in [6.07, 6.45) is -0.641. The molecule has 0 aliphatic heterocycles. The molecule has 1 aliphatic carbocycles. The number of fused-ring (bicyclic) bond motifs is 1. The molecule has 1 aromatic rings. The van der Waals surface area contributed by atoms with E-state index in [1.165, 1.54) is 0 Å². The third kappa shape index (κ3) is 2.53. The Kier molecular flexibility index (Phi) is 3.54. The second-order valence-corrected chi connectivity index (χ2v) is 4.40. The zero-order chi connectivity index (χ0) is 12.4. The van der Waals surface area contributed by atoms with E-state index in [0.29, 0.717) is 18.1 Å². The lowest BCUT2D eigenvalue weighted by Crippen LogP contribution is -2.38. The molecule has 1 amide bonds. The fourth-order valence-corrected chi connectivity index (χ4v) is 2.25. The second kappa shape index (κ2) is 4.94. The highest BCUT2D eigenvalue weighted by Gasteiger charge is 2.32. The number of amides is 1. The highest BCUT2D eigenvalue weighted by molar-refractivity contribution is 6.30. The fraction of sp³-hybridized carbons (Fsp3) is 0.417. The first-order chi connectivity index (χ1) is 8.11. The standard InChI is InChI=1S/C12H14ClNO3/c1-2-17-12(16)14-10-6-7-5-8(13)3-4-9(7)11(10)15/h3-5,10-11,15H,2,6H2,1H3,(H,14,16). The first kappa shape index (κ1) is 12.2. The van der Waals surface area contributed by atoms with Gasteiger partial charge >= 0.3 is 6.09 Å². The Balaban J connectivity index is 2.09. The van der Waals surface area contributed by atoms with Gasteiger partial charge in [-0.2, -0.15) is 0 Å². The van der Waals surface area contributed by atoms with Crippen LogP contribution < -0.4 is 5.32 Å². The molecule has 0 bridgehead atoms. The molecule has 5 heteroatoms. The number of ether oxygens (including phenoxy) is 1. The molecular formula is C12H14ClNO3. The summed E-state index contributed by atoms with van der Waals surface area (Å²) in [4.78, 5) is 11.3. The van der Waals surface area contributed by atoms with Crippen molar-refractivity contribution in [2.24, 2.45) is 0 Å². The van der Waals surface area contributed by atoms with E-state index in [4.69, 9.17) is 16.3 Å². The number of aliphatic hydroxyl groups is 1. The number of hydrogen-bond acceptors (Lipinski definition) is 3. The molecule has 2 N–H and O–H groups in total. The van der Waals surface area contributed by atoms with Crippen molar-refractivity contribution in [2.45, 2.75) is 25.5 Å². The van der Waals surface area contributed by atoms with E-state index in [-0.39, 0.29) is 6.04 Å². The van der Waals surface area contributed by atoms with Crippen molar-refractivity contribution in [3.63, 3.8) is 0 Å². The predicted molar refractivity (Wildman–Crippen MR) is 64.1 cm³/mol. The van der Waals surface area contributed by atoms with Gasteiger partial charge in [-0.05, 0) is 36.6 Å². The third-order valence-corrected chi connectivity index (χ3v) is 3.06. The minimum absolute atomic E-state index is 0.313. The first-order valence-corrected chi connectivity index (χ1v) is 5.89. The Morgan fingerprint density at radius 2 is 2.41 bits per heavy atom. The molecule has 2 rings (SSSR count). The van der Waals surface area contributed by atoms with Gasteiger partial charge in [0.25, 0.3) is 0 Å². The van der Waals surface area contributed by atoms with Gasteiger partial charge in [-0.3, -0.25) is 0 Å². The van der Waals surface area contributed by atoms with E-state index in [9.17, 15) is 9.90 Å². The predicted octanol–water partition coefficient (Wildman–Crippen LogP) is 2.04. The summed E-state index contributed by atoms with van der Waals surface area (Å²) in [6, 6.07) is 4.99. The molecule has 2 atom stereocenters. The van der Waals surface area contributed by atoms with E-state index in [1.54, 1.807) is 19.1 Å². The third-order valence-electron chi connectivity index (χ3n) is 2.82. The van der Waals surface area contributed by atoms with Crippen LogP contribution in [0.15, 0.2) is 18.2 Å². The summed E-state index contributed by atoms with van der Waals surface area (Å²) in [5, 5.41) is 13.3. The molecule has 0 radical (unpaired) electrons. The smallest absolute Gasteiger partial charge is 0.407 e. The van der Waals surface area contributed by atoms with Gasteiger partial charge in [0.2, 0.25) is 0 Å². The van der Waals surface area contributed by atoms with E-state index in [1.807, 2.05) is 6.07 Å². The molecule has 1 aromatic carbocycles. The lowest BCUT2D eigenvalue weighted by molar-refractivity contribution is 0.115. The van der Waals surface area contributed by atoms with E-state index in [0.717, 1.165) is 11.1 Å². The molecule has 4 nitrogen and oxygen atoms in total.